The summed E-state index contributed by atoms with van der Waals surface area (Å²) in [5.74, 6) is 1.44. The highest BCUT2D eigenvalue weighted by atomic mass is 16.5. The Labute approximate surface area is 232 Å². The van der Waals surface area contributed by atoms with Gasteiger partial charge in [0.2, 0.25) is 0 Å². The van der Waals surface area contributed by atoms with Crippen LogP contribution in [0.1, 0.15) is 31.8 Å². The molecule has 0 amide bonds. The Bertz CT molecular complexity index is 1720. The van der Waals surface area contributed by atoms with E-state index in [4.69, 9.17) is 9.47 Å². The molecule has 0 fully saturated rings. The van der Waals surface area contributed by atoms with E-state index < -0.39 is 0 Å². The normalized spacial score (nSPS) is 10.9. The lowest BCUT2D eigenvalue weighted by molar-refractivity contribution is 0.111. The zero-order chi connectivity index (χ0) is 27.3. The third-order valence-electron chi connectivity index (χ3n) is 6.99. The van der Waals surface area contributed by atoms with E-state index in [1.54, 1.807) is 12.1 Å². The minimum Gasteiger partial charge on any atom is -0.488 e. The molecule has 6 aromatic carbocycles. The van der Waals surface area contributed by atoms with E-state index >= 15 is 0 Å². The predicted octanol–water partition coefficient (Wildman–Crippen LogP) is 8.44. The van der Waals surface area contributed by atoms with Gasteiger partial charge in [0.25, 0.3) is 0 Å². The van der Waals surface area contributed by atoms with Crippen LogP contribution in [0.3, 0.4) is 0 Å². The maximum Gasteiger partial charge on any atom is 0.150 e. The van der Waals surface area contributed by atoms with E-state index in [0.29, 0.717) is 24.3 Å². The van der Waals surface area contributed by atoms with Crippen molar-refractivity contribution in [2.75, 3.05) is 0 Å². The summed E-state index contributed by atoms with van der Waals surface area (Å²) in [6, 6.07) is 39.5. The molecular weight excluding hydrogens is 496 g/mol. The Balaban J connectivity index is 1.49. The summed E-state index contributed by atoms with van der Waals surface area (Å²) >= 11 is 0. The molecule has 194 valence electrons. The number of aldehydes is 2. The van der Waals surface area contributed by atoms with Crippen LogP contribution in [0.4, 0.5) is 0 Å². The maximum absolute atomic E-state index is 11.3. The summed E-state index contributed by atoms with van der Waals surface area (Å²) in [6.45, 7) is 0.624. The molecule has 0 aliphatic rings. The van der Waals surface area contributed by atoms with Crippen LogP contribution in [0, 0.1) is 0 Å². The predicted molar refractivity (Wildman–Crippen MR) is 159 cm³/mol. The standard InChI is InChI=1S/C36H26O4/c37-21-25-7-5-9-27(19-25)23-39-33-17-15-29-11-1-3-13-31(29)35(33)36-32-14-4-2-12-30(32)16-18-34(36)40-24-28-10-6-8-26(20-28)22-38/h1-22H,23-24H2. The lowest BCUT2D eigenvalue weighted by atomic mass is 9.92. The van der Waals surface area contributed by atoms with Gasteiger partial charge in [0.15, 0.2) is 0 Å². The van der Waals surface area contributed by atoms with Crippen LogP contribution in [-0.4, -0.2) is 12.6 Å². The zero-order valence-electron chi connectivity index (χ0n) is 21.7. The van der Waals surface area contributed by atoms with Gasteiger partial charge in [-0.15, -0.1) is 0 Å². The molecule has 0 aromatic heterocycles. The Morgan fingerprint density at radius 1 is 0.475 bits per heavy atom. The molecule has 0 atom stereocenters. The molecule has 0 radical (unpaired) electrons. The molecule has 0 heterocycles. The van der Waals surface area contributed by atoms with E-state index in [1.807, 2.05) is 72.8 Å². The van der Waals surface area contributed by atoms with Crippen LogP contribution in [0.25, 0.3) is 32.7 Å². The average Bonchev–Trinajstić information content (AvgIpc) is 3.02. The van der Waals surface area contributed by atoms with Crippen LogP contribution < -0.4 is 9.47 Å². The second-order valence-electron chi connectivity index (χ2n) is 9.62. The molecule has 40 heavy (non-hydrogen) atoms. The van der Waals surface area contributed by atoms with Crippen molar-refractivity contribution >= 4 is 34.1 Å². The van der Waals surface area contributed by atoms with Crippen molar-refractivity contribution < 1.29 is 19.1 Å². The van der Waals surface area contributed by atoms with E-state index in [-0.39, 0.29) is 0 Å². The Kier molecular flexibility index (Phi) is 7.06. The summed E-state index contributed by atoms with van der Waals surface area (Å²) in [6.07, 6.45) is 1.69. The number of fused-ring (bicyclic) bond motifs is 2. The number of hydrogen-bond donors (Lipinski definition) is 0. The topological polar surface area (TPSA) is 52.6 Å². The van der Waals surface area contributed by atoms with E-state index in [9.17, 15) is 9.59 Å². The van der Waals surface area contributed by atoms with Gasteiger partial charge < -0.3 is 9.47 Å². The first-order valence-corrected chi connectivity index (χ1v) is 13.1. The first-order valence-electron chi connectivity index (χ1n) is 13.1. The van der Waals surface area contributed by atoms with Gasteiger partial charge in [-0.25, -0.2) is 0 Å². The minimum absolute atomic E-state index is 0.312. The van der Waals surface area contributed by atoms with Gasteiger partial charge >= 0.3 is 0 Å². The highest BCUT2D eigenvalue weighted by molar-refractivity contribution is 6.09. The molecule has 0 saturated heterocycles. The molecule has 0 saturated carbocycles. The number of carbonyl (C=O) groups is 2. The molecule has 0 N–H and O–H groups in total. The van der Waals surface area contributed by atoms with Crippen LogP contribution in [0.15, 0.2) is 121 Å². The summed E-state index contributed by atoms with van der Waals surface area (Å²) in [7, 11) is 0. The summed E-state index contributed by atoms with van der Waals surface area (Å²) in [5, 5.41) is 4.27. The lowest BCUT2D eigenvalue weighted by Gasteiger charge is -2.20. The fourth-order valence-corrected chi connectivity index (χ4v) is 5.09. The molecule has 0 aliphatic heterocycles. The molecule has 0 spiro atoms. The van der Waals surface area contributed by atoms with Crippen LogP contribution in [0.2, 0.25) is 0 Å². The molecule has 6 rings (SSSR count). The number of benzene rings is 6. The smallest absolute Gasteiger partial charge is 0.150 e. The summed E-state index contributed by atoms with van der Waals surface area (Å²) < 4.78 is 12.9. The SMILES string of the molecule is O=Cc1cccc(COc2ccc3ccccc3c2-c2c(OCc3cccc(C=O)c3)ccc3ccccc23)c1. The number of ether oxygens (including phenoxy) is 2. The van der Waals surface area contributed by atoms with E-state index in [1.165, 1.54) is 0 Å². The first kappa shape index (κ1) is 25.1. The molecular formula is C36H26O4. The first-order chi connectivity index (χ1) is 19.7. The third-order valence-corrected chi connectivity index (χ3v) is 6.99. The van der Waals surface area contributed by atoms with Gasteiger partial charge in [-0.2, -0.15) is 0 Å². The summed E-state index contributed by atoms with van der Waals surface area (Å²) in [5.41, 5.74) is 4.93. The number of rotatable bonds is 9. The van der Waals surface area contributed by atoms with Gasteiger partial charge in [0, 0.05) is 22.3 Å². The molecule has 4 heteroatoms. The maximum atomic E-state index is 11.3. The summed E-state index contributed by atoms with van der Waals surface area (Å²) in [4.78, 5) is 22.6. The molecule has 0 unspecified atom stereocenters. The van der Waals surface area contributed by atoms with Crippen molar-refractivity contribution in [3.05, 3.63) is 144 Å². The van der Waals surface area contributed by atoms with Gasteiger partial charge in [0.1, 0.15) is 37.3 Å². The van der Waals surface area contributed by atoms with Gasteiger partial charge in [-0.3, -0.25) is 9.59 Å². The molecule has 0 aliphatic carbocycles. The van der Waals surface area contributed by atoms with Crippen LogP contribution in [0.5, 0.6) is 11.5 Å². The largest absolute Gasteiger partial charge is 0.488 e. The zero-order valence-corrected chi connectivity index (χ0v) is 21.7. The fraction of sp³-hybridized carbons (Fsp3) is 0.0556. The van der Waals surface area contributed by atoms with Gasteiger partial charge in [-0.05, 0) is 56.9 Å². The van der Waals surface area contributed by atoms with Crippen molar-refractivity contribution in [1.29, 1.82) is 0 Å². The molecule has 4 nitrogen and oxygen atoms in total. The average molecular weight is 523 g/mol. The van der Waals surface area contributed by atoms with Crippen molar-refractivity contribution in [1.82, 2.24) is 0 Å². The third kappa shape index (κ3) is 5.07. The number of carbonyl (C=O) groups excluding carboxylic acids is 2. The molecule has 6 aromatic rings. The second-order valence-corrected chi connectivity index (χ2v) is 9.62. The fourth-order valence-electron chi connectivity index (χ4n) is 5.09. The highest BCUT2D eigenvalue weighted by Crippen LogP contribution is 2.45. The van der Waals surface area contributed by atoms with Crippen molar-refractivity contribution in [3.8, 4) is 22.6 Å². The van der Waals surface area contributed by atoms with Gasteiger partial charge in [-0.1, -0.05) is 97.1 Å². The van der Waals surface area contributed by atoms with Crippen molar-refractivity contribution in [2.24, 2.45) is 0 Å². The lowest BCUT2D eigenvalue weighted by Crippen LogP contribution is -2.01. The van der Waals surface area contributed by atoms with Crippen molar-refractivity contribution in [3.63, 3.8) is 0 Å². The monoisotopic (exact) mass is 522 g/mol. The number of hydrogen-bond acceptors (Lipinski definition) is 4. The van der Waals surface area contributed by atoms with Crippen LogP contribution in [-0.2, 0) is 13.2 Å². The van der Waals surface area contributed by atoms with E-state index in [0.717, 1.165) is 67.9 Å². The Morgan fingerprint density at radius 2 is 0.925 bits per heavy atom. The minimum atomic E-state index is 0.312. The van der Waals surface area contributed by atoms with Crippen molar-refractivity contribution in [2.45, 2.75) is 13.2 Å². The quantitative estimate of drug-likeness (QED) is 0.179. The Hall–Kier alpha value is -5.22. The van der Waals surface area contributed by atoms with Gasteiger partial charge in [0.05, 0.1) is 0 Å². The molecule has 0 bridgehead atoms. The highest BCUT2D eigenvalue weighted by Gasteiger charge is 2.19. The van der Waals surface area contributed by atoms with E-state index in [2.05, 4.69) is 36.4 Å². The second kappa shape index (κ2) is 11.3. The van der Waals surface area contributed by atoms with Crippen LogP contribution >= 0.6 is 0 Å². The Morgan fingerprint density at radius 3 is 1.38 bits per heavy atom.